The number of rotatable bonds is 8. The first-order chi connectivity index (χ1) is 11.4. The Hall–Kier alpha value is -1.55. The maximum absolute atomic E-state index is 13.0. The Morgan fingerprint density at radius 2 is 2.08 bits per heavy atom. The van der Waals surface area contributed by atoms with Gasteiger partial charge in [-0.1, -0.05) is 0 Å². The molecule has 0 spiro atoms. The number of alkyl halides is 1. The molecule has 1 aliphatic rings. The van der Waals surface area contributed by atoms with Crippen LogP contribution in [0.1, 0.15) is 16.8 Å². The van der Waals surface area contributed by atoms with Crippen LogP contribution in [0.4, 0.5) is 4.39 Å². The van der Waals surface area contributed by atoms with Gasteiger partial charge in [0.1, 0.15) is 6.17 Å². The third-order valence-electron chi connectivity index (χ3n) is 3.70. The number of ether oxygens (including phenoxy) is 1. The largest absolute Gasteiger partial charge is 0.383 e. The van der Waals surface area contributed by atoms with Crippen LogP contribution in [0.5, 0.6) is 0 Å². The summed E-state index contributed by atoms with van der Waals surface area (Å²) in [4.78, 5) is 12.1. The molecule has 24 heavy (non-hydrogen) atoms. The Bertz CT molecular complexity index is 651. The number of carbonyl (C=O) groups excluding carboxylic acids is 1. The summed E-state index contributed by atoms with van der Waals surface area (Å²) < 4.78 is 44.2. The van der Waals surface area contributed by atoms with Gasteiger partial charge in [0.2, 0.25) is 10.0 Å². The summed E-state index contributed by atoms with van der Waals surface area (Å²) in [5, 5.41) is 5.69. The molecule has 0 saturated carbocycles. The zero-order valence-corrected chi connectivity index (χ0v) is 14.2. The van der Waals surface area contributed by atoms with E-state index < -0.39 is 16.2 Å². The quantitative estimate of drug-likeness (QED) is 0.570. The van der Waals surface area contributed by atoms with Crippen LogP contribution in [0, 0.1) is 0 Å². The summed E-state index contributed by atoms with van der Waals surface area (Å²) >= 11 is 0. The van der Waals surface area contributed by atoms with Crippen LogP contribution in [0.3, 0.4) is 0 Å². The molecule has 134 valence electrons. The van der Waals surface area contributed by atoms with E-state index in [1.807, 2.05) is 0 Å². The van der Waals surface area contributed by atoms with Gasteiger partial charge < -0.3 is 15.4 Å². The normalized spacial score (nSPS) is 20.9. The van der Waals surface area contributed by atoms with Gasteiger partial charge in [-0.05, 0) is 30.7 Å². The molecular weight excluding hydrogens is 337 g/mol. The molecule has 9 heteroatoms. The average molecular weight is 359 g/mol. The van der Waals surface area contributed by atoms with E-state index in [4.69, 9.17) is 4.74 Å². The summed E-state index contributed by atoms with van der Waals surface area (Å²) in [6.45, 7) is 1.08. The predicted molar refractivity (Wildman–Crippen MR) is 87.1 cm³/mol. The summed E-state index contributed by atoms with van der Waals surface area (Å²) in [6.07, 6.45) is -0.494. The molecule has 0 radical (unpaired) electrons. The molecule has 2 unspecified atom stereocenters. The lowest BCUT2D eigenvalue weighted by molar-refractivity contribution is 0.0950. The molecule has 1 aromatic carbocycles. The third kappa shape index (κ3) is 5.23. The molecule has 0 bridgehead atoms. The highest BCUT2D eigenvalue weighted by Crippen LogP contribution is 2.11. The Balaban J connectivity index is 1.89. The van der Waals surface area contributed by atoms with Crippen LogP contribution < -0.4 is 15.4 Å². The molecule has 0 aliphatic carbocycles. The molecule has 3 N–H and O–H groups in total. The minimum Gasteiger partial charge on any atom is -0.383 e. The van der Waals surface area contributed by atoms with Crippen molar-refractivity contribution in [3.05, 3.63) is 29.8 Å². The second kappa shape index (κ2) is 8.52. The Morgan fingerprint density at radius 1 is 1.38 bits per heavy atom. The van der Waals surface area contributed by atoms with Crippen molar-refractivity contribution in [2.45, 2.75) is 23.5 Å². The van der Waals surface area contributed by atoms with Gasteiger partial charge in [0.25, 0.3) is 5.91 Å². The fraction of sp³-hybridized carbons (Fsp3) is 0.533. The van der Waals surface area contributed by atoms with Crippen LogP contribution in [0.2, 0.25) is 0 Å². The first-order valence-electron chi connectivity index (χ1n) is 7.66. The van der Waals surface area contributed by atoms with E-state index in [0.717, 1.165) is 0 Å². The topological polar surface area (TPSA) is 96.5 Å². The Labute approximate surface area is 141 Å². The first kappa shape index (κ1) is 18.8. The zero-order chi connectivity index (χ0) is 17.6. The van der Waals surface area contributed by atoms with Gasteiger partial charge in [-0.2, -0.15) is 0 Å². The molecule has 2 rings (SSSR count). The maximum Gasteiger partial charge on any atom is 0.251 e. The van der Waals surface area contributed by atoms with Crippen molar-refractivity contribution in [3.8, 4) is 0 Å². The molecule has 1 amide bonds. The van der Waals surface area contributed by atoms with Gasteiger partial charge >= 0.3 is 0 Å². The zero-order valence-electron chi connectivity index (χ0n) is 13.4. The highest BCUT2D eigenvalue weighted by Gasteiger charge is 2.23. The lowest BCUT2D eigenvalue weighted by Crippen LogP contribution is -2.37. The summed E-state index contributed by atoms with van der Waals surface area (Å²) in [5.41, 5.74) is 0.348. The monoisotopic (exact) mass is 359 g/mol. The van der Waals surface area contributed by atoms with Gasteiger partial charge in [0, 0.05) is 38.3 Å². The second-order valence-electron chi connectivity index (χ2n) is 5.56. The third-order valence-corrected chi connectivity index (χ3v) is 5.18. The average Bonchev–Trinajstić information content (AvgIpc) is 2.98. The van der Waals surface area contributed by atoms with Crippen LogP contribution in [-0.4, -0.2) is 59.9 Å². The van der Waals surface area contributed by atoms with Crippen molar-refractivity contribution < 1.29 is 22.3 Å². The number of methoxy groups -OCH3 is 1. The lowest BCUT2D eigenvalue weighted by Gasteiger charge is -2.11. The molecule has 7 nitrogen and oxygen atoms in total. The minimum absolute atomic E-state index is 0.0754. The highest BCUT2D eigenvalue weighted by molar-refractivity contribution is 7.89. The molecule has 0 aromatic heterocycles. The van der Waals surface area contributed by atoms with Crippen molar-refractivity contribution in [3.63, 3.8) is 0 Å². The van der Waals surface area contributed by atoms with Crippen LogP contribution in [0.25, 0.3) is 0 Å². The summed E-state index contributed by atoms with van der Waals surface area (Å²) in [5.74, 6) is -0.324. The first-order valence-corrected chi connectivity index (χ1v) is 9.15. The number of nitrogens with one attached hydrogen (secondary N) is 3. The summed E-state index contributed by atoms with van der Waals surface area (Å²) in [6, 6.07) is 5.56. The van der Waals surface area contributed by atoms with Gasteiger partial charge in [-0.3, -0.25) is 4.79 Å². The molecule has 2 atom stereocenters. The van der Waals surface area contributed by atoms with Crippen LogP contribution >= 0.6 is 0 Å². The van der Waals surface area contributed by atoms with Crippen molar-refractivity contribution in [2.24, 2.45) is 0 Å². The van der Waals surface area contributed by atoms with E-state index in [9.17, 15) is 17.6 Å². The number of sulfonamides is 1. The van der Waals surface area contributed by atoms with Gasteiger partial charge in [0.05, 0.1) is 11.5 Å². The Morgan fingerprint density at radius 3 is 2.67 bits per heavy atom. The molecule has 1 aliphatic heterocycles. The van der Waals surface area contributed by atoms with Crippen molar-refractivity contribution in [1.29, 1.82) is 0 Å². The van der Waals surface area contributed by atoms with E-state index in [0.29, 0.717) is 25.1 Å². The fourth-order valence-electron chi connectivity index (χ4n) is 2.39. The van der Waals surface area contributed by atoms with E-state index in [-0.39, 0.29) is 30.0 Å². The van der Waals surface area contributed by atoms with Crippen molar-refractivity contribution >= 4 is 15.9 Å². The van der Waals surface area contributed by atoms with Crippen LogP contribution in [0.15, 0.2) is 29.2 Å². The van der Waals surface area contributed by atoms with Crippen LogP contribution in [-0.2, 0) is 14.8 Å². The number of halogens is 1. The van der Waals surface area contributed by atoms with E-state index >= 15 is 0 Å². The molecule has 1 heterocycles. The van der Waals surface area contributed by atoms with E-state index in [2.05, 4.69) is 15.4 Å². The number of hydrogen-bond donors (Lipinski definition) is 3. The Kier molecular flexibility index (Phi) is 6.67. The number of amides is 1. The highest BCUT2D eigenvalue weighted by atomic mass is 32.2. The van der Waals surface area contributed by atoms with Gasteiger partial charge in [-0.25, -0.2) is 17.5 Å². The lowest BCUT2D eigenvalue weighted by atomic mass is 10.2. The van der Waals surface area contributed by atoms with Crippen molar-refractivity contribution in [1.82, 2.24) is 15.4 Å². The number of carbonyl (C=O) groups is 1. The van der Waals surface area contributed by atoms with Gasteiger partial charge in [0.15, 0.2) is 0 Å². The van der Waals surface area contributed by atoms with E-state index in [1.54, 1.807) is 0 Å². The molecule has 1 aromatic rings. The second-order valence-corrected chi connectivity index (χ2v) is 7.33. The van der Waals surface area contributed by atoms with Crippen molar-refractivity contribution in [2.75, 3.05) is 33.4 Å². The maximum atomic E-state index is 13.0. The minimum atomic E-state index is -3.62. The van der Waals surface area contributed by atoms with E-state index in [1.165, 1.54) is 31.4 Å². The SMILES string of the molecule is COCCNS(=O)(=O)c1ccc(C(=O)NCC2CC(F)CN2)cc1. The smallest absolute Gasteiger partial charge is 0.251 e. The molecule has 1 fully saturated rings. The number of benzene rings is 1. The number of hydrogen-bond acceptors (Lipinski definition) is 5. The fourth-order valence-corrected chi connectivity index (χ4v) is 3.40. The van der Waals surface area contributed by atoms with Gasteiger partial charge in [-0.15, -0.1) is 0 Å². The molecule has 1 saturated heterocycles. The molecular formula is C15H22FN3O4S. The summed E-state index contributed by atoms with van der Waals surface area (Å²) in [7, 11) is -2.14. The standard InChI is InChI=1S/C15H22FN3O4S/c1-23-7-6-19-24(21,22)14-4-2-11(3-5-14)15(20)18-10-13-8-12(16)9-17-13/h2-5,12-13,17,19H,6-10H2,1H3,(H,18,20). The predicted octanol–water partition coefficient (Wildman–Crippen LogP) is 0.0411.